The molecule has 0 spiro atoms. The largest absolute Gasteiger partial charge is 0.323 e. The van der Waals surface area contributed by atoms with Crippen molar-refractivity contribution in [3.8, 4) is 0 Å². The van der Waals surface area contributed by atoms with Gasteiger partial charge in [0.25, 0.3) is 0 Å². The lowest BCUT2D eigenvalue weighted by molar-refractivity contribution is 0.594. The third-order valence-electron chi connectivity index (χ3n) is 3.21. The molecular formula is C16H17ClN2O2S. The molecule has 0 bridgehead atoms. The highest BCUT2D eigenvalue weighted by Gasteiger charge is 2.14. The third-order valence-corrected chi connectivity index (χ3v) is 5.39. The van der Waals surface area contributed by atoms with E-state index in [1.165, 1.54) is 0 Å². The number of hydrogen-bond acceptors (Lipinski definition) is 4. The van der Waals surface area contributed by atoms with E-state index in [1.807, 2.05) is 19.1 Å². The molecule has 0 heterocycles. The molecule has 2 aromatic carbocycles. The van der Waals surface area contributed by atoms with Crippen LogP contribution in [0.1, 0.15) is 24.5 Å². The van der Waals surface area contributed by atoms with Gasteiger partial charge in [-0.2, -0.15) is 5.10 Å². The summed E-state index contributed by atoms with van der Waals surface area (Å²) in [5.41, 5.74) is 2.15. The van der Waals surface area contributed by atoms with Gasteiger partial charge in [0.15, 0.2) is 9.84 Å². The zero-order chi connectivity index (χ0) is 16.2. The van der Waals surface area contributed by atoms with E-state index in [9.17, 15) is 8.42 Å². The van der Waals surface area contributed by atoms with E-state index in [1.54, 1.807) is 36.4 Å². The van der Waals surface area contributed by atoms with Crippen LogP contribution in [-0.4, -0.2) is 19.9 Å². The van der Waals surface area contributed by atoms with Gasteiger partial charge in [0.2, 0.25) is 0 Å². The minimum absolute atomic E-state index is 0.140. The Kier molecular flexibility index (Phi) is 5.21. The van der Waals surface area contributed by atoms with Gasteiger partial charge in [-0.15, -0.1) is 0 Å². The van der Waals surface area contributed by atoms with Gasteiger partial charge < -0.3 is 5.84 Å². The summed E-state index contributed by atoms with van der Waals surface area (Å²) in [5.74, 6) is 5.62. The average Bonchev–Trinajstić information content (AvgIpc) is 2.50. The van der Waals surface area contributed by atoms with Crippen LogP contribution in [0.4, 0.5) is 0 Å². The highest BCUT2D eigenvalue weighted by molar-refractivity contribution is 7.91. The van der Waals surface area contributed by atoms with Crippen molar-refractivity contribution in [2.45, 2.75) is 18.2 Å². The fraction of sp³-hybridized carbons (Fsp3) is 0.188. The van der Waals surface area contributed by atoms with Crippen molar-refractivity contribution in [3.63, 3.8) is 0 Å². The van der Waals surface area contributed by atoms with Gasteiger partial charge in [-0.05, 0) is 30.7 Å². The minimum atomic E-state index is -3.22. The number of sulfone groups is 1. The second kappa shape index (κ2) is 6.94. The molecule has 0 aromatic heterocycles. The summed E-state index contributed by atoms with van der Waals surface area (Å²) in [5, 5.41) is 4.44. The average molecular weight is 337 g/mol. The molecule has 0 aliphatic heterocycles. The van der Waals surface area contributed by atoms with E-state index in [4.69, 9.17) is 17.4 Å². The van der Waals surface area contributed by atoms with Crippen molar-refractivity contribution in [2.75, 3.05) is 5.75 Å². The van der Waals surface area contributed by atoms with Crippen LogP contribution < -0.4 is 5.84 Å². The number of hydrazone groups is 1. The zero-order valence-electron chi connectivity index (χ0n) is 12.2. The Balaban J connectivity index is 2.35. The summed E-state index contributed by atoms with van der Waals surface area (Å²) < 4.78 is 24.0. The van der Waals surface area contributed by atoms with Crippen LogP contribution in [0, 0.1) is 0 Å². The Labute approximate surface area is 135 Å². The molecule has 0 aliphatic rings. The van der Waals surface area contributed by atoms with Crippen LogP contribution >= 0.6 is 11.6 Å². The predicted octanol–water partition coefficient (Wildman–Crippen LogP) is 3.23. The van der Waals surface area contributed by atoms with Crippen molar-refractivity contribution >= 4 is 27.1 Å². The molecule has 2 rings (SSSR count). The van der Waals surface area contributed by atoms with E-state index in [0.717, 1.165) is 11.1 Å². The lowest BCUT2D eigenvalue weighted by Crippen LogP contribution is -2.09. The molecular weight excluding hydrogens is 320 g/mol. The first-order chi connectivity index (χ1) is 10.5. The zero-order valence-corrected chi connectivity index (χ0v) is 13.7. The summed E-state index contributed by atoms with van der Waals surface area (Å²) >= 11 is 5.87. The Morgan fingerprint density at radius 1 is 1.05 bits per heavy atom. The van der Waals surface area contributed by atoms with Gasteiger partial charge in [-0.1, -0.05) is 42.8 Å². The van der Waals surface area contributed by atoms with Crippen LogP contribution in [0.3, 0.4) is 0 Å². The van der Waals surface area contributed by atoms with Gasteiger partial charge >= 0.3 is 0 Å². The highest BCUT2D eigenvalue weighted by Crippen LogP contribution is 2.18. The molecule has 0 unspecified atom stereocenters. The second-order valence-corrected chi connectivity index (χ2v) is 7.37. The Bertz CT molecular complexity index is 767. The smallest absolute Gasteiger partial charge is 0.178 e. The molecule has 0 atom stereocenters. The Morgan fingerprint density at radius 3 is 2.00 bits per heavy atom. The molecule has 6 heteroatoms. The van der Waals surface area contributed by atoms with E-state index < -0.39 is 9.84 Å². The summed E-state index contributed by atoms with van der Waals surface area (Å²) in [7, 11) is -3.22. The highest BCUT2D eigenvalue weighted by atomic mass is 35.5. The second-order valence-electron chi connectivity index (χ2n) is 4.83. The standard InChI is InChI=1S/C16H17ClN2O2S/c1-2-11-22(20,21)15-9-5-13(6-10-15)16(19-18)12-3-7-14(17)8-4-12/h3-10H,2,11,18H2,1H3. The maximum absolute atomic E-state index is 12.0. The number of hydrogen-bond donors (Lipinski definition) is 1. The number of halogens is 1. The van der Waals surface area contributed by atoms with E-state index in [2.05, 4.69) is 5.10 Å². The topological polar surface area (TPSA) is 72.5 Å². The quantitative estimate of drug-likeness (QED) is 0.517. The number of nitrogens with zero attached hydrogens (tertiary/aromatic N) is 1. The van der Waals surface area contributed by atoms with E-state index in [-0.39, 0.29) is 5.75 Å². The SMILES string of the molecule is CCCS(=O)(=O)c1ccc(C(=NN)c2ccc(Cl)cc2)cc1. The summed E-state index contributed by atoms with van der Waals surface area (Å²) in [6.07, 6.45) is 0.588. The van der Waals surface area contributed by atoms with Gasteiger partial charge in [0.05, 0.1) is 16.4 Å². The molecule has 0 radical (unpaired) electrons. The fourth-order valence-electron chi connectivity index (χ4n) is 2.13. The summed E-state index contributed by atoms with van der Waals surface area (Å²) in [6.45, 7) is 1.84. The molecule has 22 heavy (non-hydrogen) atoms. The van der Waals surface area contributed by atoms with E-state index in [0.29, 0.717) is 22.1 Å². The van der Waals surface area contributed by atoms with Gasteiger partial charge in [0, 0.05) is 16.1 Å². The van der Waals surface area contributed by atoms with Crippen molar-refractivity contribution in [3.05, 3.63) is 64.7 Å². The maximum atomic E-state index is 12.0. The van der Waals surface area contributed by atoms with Gasteiger partial charge in [0.1, 0.15) is 0 Å². The molecule has 116 valence electrons. The predicted molar refractivity (Wildman–Crippen MR) is 90.1 cm³/mol. The third kappa shape index (κ3) is 3.67. The monoisotopic (exact) mass is 336 g/mol. The van der Waals surface area contributed by atoms with Crippen molar-refractivity contribution in [2.24, 2.45) is 10.9 Å². The van der Waals surface area contributed by atoms with Crippen LogP contribution in [0.2, 0.25) is 5.02 Å². The summed E-state index contributed by atoms with van der Waals surface area (Å²) in [4.78, 5) is 0.311. The maximum Gasteiger partial charge on any atom is 0.178 e. The molecule has 2 aromatic rings. The lowest BCUT2D eigenvalue weighted by atomic mass is 10.0. The van der Waals surface area contributed by atoms with Crippen LogP contribution in [0.25, 0.3) is 0 Å². The minimum Gasteiger partial charge on any atom is -0.323 e. The first kappa shape index (κ1) is 16.5. The Morgan fingerprint density at radius 2 is 1.55 bits per heavy atom. The van der Waals surface area contributed by atoms with Crippen molar-refractivity contribution < 1.29 is 8.42 Å². The molecule has 0 saturated carbocycles. The van der Waals surface area contributed by atoms with Crippen LogP contribution in [0.15, 0.2) is 58.5 Å². The summed E-state index contributed by atoms with van der Waals surface area (Å²) in [6, 6.07) is 13.7. The first-order valence-corrected chi connectivity index (χ1v) is 8.88. The molecule has 2 N–H and O–H groups in total. The van der Waals surface area contributed by atoms with Gasteiger partial charge in [-0.25, -0.2) is 8.42 Å². The molecule has 4 nitrogen and oxygen atoms in total. The number of benzene rings is 2. The molecule has 0 fully saturated rings. The Hall–Kier alpha value is -1.85. The molecule has 0 saturated heterocycles. The molecule has 0 amide bonds. The van der Waals surface area contributed by atoms with Crippen molar-refractivity contribution in [1.82, 2.24) is 0 Å². The number of rotatable bonds is 5. The lowest BCUT2D eigenvalue weighted by Gasteiger charge is -2.08. The van der Waals surface area contributed by atoms with Crippen molar-refractivity contribution in [1.29, 1.82) is 0 Å². The fourth-order valence-corrected chi connectivity index (χ4v) is 3.58. The van der Waals surface area contributed by atoms with Crippen LogP contribution in [-0.2, 0) is 9.84 Å². The number of nitrogens with two attached hydrogens (primary N) is 1. The van der Waals surface area contributed by atoms with E-state index >= 15 is 0 Å². The van der Waals surface area contributed by atoms with Gasteiger partial charge in [-0.3, -0.25) is 0 Å². The normalized spacial score (nSPS) is 12.4. The molecule has 0 aliphatic carbocycles. The van der Waals surface area contributed by atoms with Crippen LogP contribution in [0.5, 0.6) is 0 Å². The first-order valence-electron chi connectivity index (χ1n) is 6.85.